The Morgan fingerprint density at radius 3 is 2.47 bits per heavy atom. The van der Waals surface area contributed by atoms with E-state index in [0.717, 1.165) is 16.9 Å². The monoisotopic (exact) mass is 250 g/mol. The van der Waals surface area contributed by atoms with Crippen LogP contribution in [-0.2, 0) is 6.61 Å². The van der Waals surface area contributed by atoms with Crippen LogP contribution in [0, 0.1) is 25.6 Å². The average molecular weight is 250 g/mol. The first-order chi connectivity index (χ1) is 8.06. The van der Waals surface area contributed by atoms with Crippen LogP contribution in [0.15, 0.2) is 16.5 Å². The number of benzene rings is 1. The molecule has 0 amide bonds. The molecular formula is C12H14N2O2S. The number of ether oxygens (including phenoxy) is 1. The van der Waals surface area contributed by atoms with Crippen molar-refractivity contribution in [3.8, 4) is 5.75 Å². The number of rotatable bonds is 3. The van der Waals surface area contributed by atoms with Gasteiger partial charge >= 0.3 is 0 Å². The maximum atomic E-state index is 5.70. The van der Waals surface area contributed by atoms with E-state index >= 15 is 0 Å². The highest BCUT2D eigenvalue weighted by molar-refractivity contribution is 7.71. The second-order valence-electron chi connectivity index (χ2n) is 4.02. The molecule has 0 atom stereocenters. The van der Waals surface area contributed by atoms with Crippen LogP contribution in [0.5, 0.6) is 5.75 Å². The Morgan fingerprint density at radius 2 is 1.94 bits per heavy atom. The number of hydrogen-bond donors (Lipinski definition) is 1. The summed E-state index contributed by atoms with van der Waals surface area (Å²) in [6.45, 7) is 6.39. The molecule has 2 rings (SSSR count). The fraction of sp³-hybridized carbons (Fsp3) is 0.333. The van der Waals surface area contributed by atoms with Gasteiger partial charge < -0.3 is 9.15 Å². The van der Waals surface area contributed by atoms with Crippen molar-refractivity contribution in [2.45, 2.75) is 27.4 Å². The van der Waals surface area contributed by atoms with E-state index in [1.54, 1.807) is 0 Å². The van der Waals surface area contributed by atoms with Gasteiger partial charge in [0.15, 0.2) is 6.61 Å². The SMILES string of the molecule is Cc1cc(C)c(OCc2n[nH]c(=S)o2)c(C)c1. The van der Waals surface area contributed by atoms with Crippen LogP contribution in [0.1, 0.15) is 22.6 Å². The van der Waals surface area contributed by atoms with Crippen molar-refractivity contribution in [2.24, 2.45) is 0 Å². The van der Waals surface area contributed by atoms with E-state index in [9.17, 15) is 0 Å². The molecule has 2 aromatic rings. The summed E-state index contributed by atoms with van der Waals surface area (Å²) in [7, 11) is 0. The van der Waals surface area contributed by atoms with Crippen molar-refractivity contribution in [2.75, 3.05) is 0 Å². The molecule has 0 bridgehead atoms. The number of aromatic nitrogens is 2. The molecule has 0 saturated heterocycles. The third-order valence-corrected chi connectivity index (χ3v) is 2.60. The van der Waals surface area contributed by atoms with E-state index in [1.165, 1.54) is 5.56 Å². The molecule has 0 saturated carbocycles. The molecule has 90 valence electrons. The summed E-state index contributed by atoms with van der Waals surface area (Å²) in [4.78, 5) is 0.265. The Labute approximate surface area is 105 Å². The van der Waals surface area contributed by atoms with Gasteiger partial charge in [0, 0.05) is 0 Å². The number of hydrogen-bond acceptors (Lipinski definition) is 4. The van der Waals surface area contributed by atoms with Crippen molar-refractivity contribution >= 4 is 12.2 Å². The van der Waals surface area contributed by atoms with Crippen LogP contribution in [0.4, 0.5) is 0 Å². The van der Waals surface area contributed by atoms with Crippen molar-refractivity contribution in [1.82, 2.24) is 10.2 Å². The molecule has 4 nitrogen and oxygen atoms in total. The number of aromatic amines is 1. The van der Waals surface area contributed by atoms with Gasteiger partial charge in [-0.1, -0.05) is 17.7 Å². The Bertz CT molecular complexity index is 563. The summed E-state index contributed by atoms with van der Waals surface area (Å²) in [6, 6.07) is 4.17. The summed E-state index contributed by atoms with van der Waals surface area (Å²) in [6.07, 6.45) is 0. The normalized spacial score (nSPS) is 10.5. The fourth-order valence-electron chi connectivity index (χ4n) is 1.85. The van der Waals surface area contributed by atoms with Crippen LogP contribution < -0.4 is 4.74 Å². The molecule has 0 aliphatic carbocycles. The lowest BCUT2D eigenvalue weighted by Crippen LogP contribution is -1.99. The maximum absolute atomic E-state index is 5.70. The number of aryl methyl sites for hydroxylation is 3. The van der Waals surface area contributed by atoms with Crippen molar-refractivity contribution in [1.29, 1.82) is 0 Å². The van der Waals surface area contributed by atoms with Gasteiger partial charge in [-0.05, 0) is 44.1 Å². The van der Waals surface area contributed by atoms with Crippen LogP contribution in [0.25, 0.3) is 0 Å². The van der Waals surface area contributed by atoms with E-state index in [1.807, 2.05) is 13.8 Å². The van der Waals surface area contributed by atoms with Crippen molar-refractivity contribution in [3.63, 3.8) is 0 Å². The van der Waals surface area contributed by atoms with Gasteiger partial charge in [0.2, 0.25) is 0 Å². The third kappa shape index (κ3) is 2.74. The zero-order valence-corrected chi connectivity index (χ0v) is 10.9. The minimum Gasteiger partial charge on any atom is -0.483 e. The van der Waals surface area contributed by atoms with Gasteiger partial charge in [-0.15, -0.1) is 5.10 Å². The number of nitrogens with one attached hydrogen (secondary N) is 1. The van der Waals surface area contributed by atoms with Gasteiger partial charge in [-0.2, -0.15) is 0 Å². The number of nitrogens with zero attached hydrogens (tertiary/aromatic N) is 1. The zero-order chi connectivity index (χ0) is 12.4. The Balaban J connectivity index is 2.16. The zero-order valence-electron chi connectivity index (χ0n) is 10.0. The van der Waals surface area contributed by atoms with E-state index in [4.69, 9.17) is 21.4 Å². The first-order valence-corrected chi connectivity index (χ1v) is 5.72. The lowest BCUT2D eigenvalue weighted by molar-refractivity contribution is 0.258. The first kappa shape index (κ1) is 11.9. The minimum atomic E-state index is 0.265. The topological polar surface area (TPSA) is 51.0 Å². The lowest BCUT2D eigenvalue weighted by atomic mass is 10.1. The molecule has 0 fully saturated rings. The molecule has 5 heteroatoms. The predicted molar refractivity (Wildman–Crippen MR) is 66.7 cm³/mol. The van der Waals surface area contributed by atoms with Crippen LogP contribution in [-0.4, -0.2) is 10.2 Å². The molecule has 17 heavy (non-hydrogen) atoms. The third-order valence-electron chi connectivity index (χ3n) is 2.43. The summed E-state index contributed by atoms with van der Waals surface area (Å²) >= 11 is 4.79. The predicted octanol–water partition coefficient (Wildman–Crippen LogP) is 3.24. The van der Waals surface area contributed by atoms with Crippen LogP contribution >= 0.6 is 12.2 Å². The summed E-state index contributed by atoms with van der Waals surface area (Å²) in [5.74, 6) is 1.33. The smallest absolute Gasteiger partial charge is 0.284 e. The minimum absolute atomic E-state index is 0.265. The van der Waals surface area contributed by atoms with Crippen molar-refractivity contribution < 1.29 is 9.15 Å². The maximum Gasteiger partial charge on any atom is 0.284 e. The molecule has 0 spiro atoms. The molecule has 0 radical (unpaired) electrons. The van der Waals surface area contributed by atoms with Gasteiger partial charge in [0.25, 0.3) is 10.7 Å². The molecule has 0 unspecified atom stereocenters. The molecule has 1 N–H and O–H groups in total. The largest absolute Gasteiger partial charge is 0.483 e. The highest BCUT2D eigenvalue weighted by Gasteiger charge is 2.07. The quantitative estimate of drug-likeness (QED) is 0.850. The van der Waals surface area contributed by atoms with Gasteiger partial charge in [0.05, 0.1) is 0 Å². The molecule has 0 aliphatic heterocycles. The fourth-order valence-corrected chi connectivity index (χ4v) is 1.99. The summed E-state index contributed by atoms with van der Waals surface area (Å²) in [5, 5.41) is 6.45. The summed E-state index contributed by atoms with van der Waals surface area (Å²) < 4.78 is 10.8. The molecule has 1 heterocycles. The van der Waals surface area contributed by atoms with E-state index in [0.29, 0.717) is 5.89 Å². The van der Waals surface area contributed by atoms with Gasteiger partial charge in [-0.25, -0.2) is 5.10 Å². The second-order valence-corrected chi connectivity index (χ2v) is 4.39. The molecule has 0 aliphatic rings. The van der Waals surface area contributed by atoms with E-state index in [2.05, 4.69) is 29.3 Å². The van der Waals surface area contributed by atoms with Crippen LogP contribution in [0.3, 0.4) is 0 Å². The van der Waals surface area contributed by atoms with E-state index in [-0.39, 0.29) is 11.4 Å². The Morgan fingerprint density at radius 1 is 1.29 bits per heavy atom. The van der Waals surface area contributed by atoms with E-state index < -0.39 is 0 Å². The standard InChI is InChI=1S/C12H14N2O2S/c1-7-4-8(2)11(9(3)5-7)15-6-10-13-14-12(17)16-10/h4-5H,6H2,1-3H3,(H,14,17). The van der Waals surface area contributed by atoms with Gasteiger partial charge in [0.1, 0.15) is 5.75 Å². The molecular weight excluding hydrogens is 236 g/mol. The Kier molecular flexibility index (Phi) is 3.28. The number of H-pyrrole nitrogens is 1. The Hall–Kier alpha value is -1.62. The van der Waals surface area contributed by atoms with Crippen molar-refractivity contribution in [3.05, 3.63) is 39.6 Å². The highest BCUT2D eigenvalue weighted by Crippen LogP contribution is 2.25. The molecule has 1 aromatic carbocycles. The highest BCUT2D eigenvalue weighted by atomic mass is 32.1. The second kappa shape index (κ2) is 4.71. The van der Waals surface area contributed by atoms with Gasteiger partial charge in [-0.3, -0.25) is 0 Å². The van der Waals surface area contributed by atoms with Crippen LogP contribution in [0.2, 0.25) is 0 Å². The molecule has 1 aromatic heterocycles. The average Bonchev–Trinajstić information content (AvgIpc) is 2.62. The first-order valence-electron chi connectivity index (χ1n) is 5.31. The lowest BCUT2D eigenvalue weighted by Gasteiger charge is -2.11. The summed E-state index contributed by atoms with van der Waals surface area (Å²) in [5.41, 5.74) is 3.44.